The molecule has 4 atom stereocenters. The van der Waals surface area contributed by atoms with Crippen molar-refractivity contribution in [1.29, 1.82) is 0 Å². The summed E-state index contributed by atoms with van der Waals surface area (Å²) >= 11 is 7.14. The molecule has 2 rings (SSSR count). The largest absolute Gasteiger partial charge is 0.299 e. The van der Waals surface area contributed by atoms with E-state index >= 15 is 0 Å². The van der Waals surface area contributed by atoms with Gasteiger partial charge in [-0.05, 0) is 12.3 Å². The van der Waals surface area contributed by atoms with Crippen molar-refractivity contribution < 1.29 is 4.79 Å². The van der Waals surface area contributed by atoms with Gasteiger partial charge in [-0.15, -0.1) is 0 Å². The average Bonchev–Trinajstić information content (AvgIpc) is 2.12. The van der Waals surface area contributed by atoms with E-state index < -0.39 is 0 Å². The third-order valence-electron chi connectivity index (χ3n) is 2.60. The lowest BCUT2D eigenvalue weighted by Gasteiger charge is -2.29. The van der Waals surface area contributed by atoms with Crippen molar-refractivity contribution in [1.82, 2.24) is 0 Å². The molecule has 10 heavy (non-hydrogen) atoms. The second kappa shape index (κ2) is 2.31. The summed E-state index contributed by atoms with van der Waals surface area (Å²) in [6.45, 7) is 0. The molecule has 0 aromatic heterocycles. The summed E-state index contributed by atoms with van der Waals surface area (Å²) in [6.07, 6.45) is 1.85. The van der Waals surface area contributed by atoms with E-state index in [1.165, 1.54) is 0 Å². The minimum atomic E-state index is 0.383. The number of fused-ring (bicyclic) bond motifs is 1. The van der Waals surface area contributed by atoms with Crippen LogP contribution in [0.5, 0.6) is 0 Å². The molecule has 0 bridgehead atoms. The van der Waals surface area contributed by atoms with Crippen molar-refractivity contribution in [3.63, 3.8) is 0 Å². The Bertz CT molecular complexity index is 180. The average molecular weight is 268 g/mol. The van der Waals surface area contributed by atoms with E-state index in [-0.39, 0.29) is 0 Å². The molecule has 0 aliphatic heterocycles. The number of carbonyl (C=O) groups is 1. The third kappa shape index (κ3) is 0.828. The number of hydrogen-bond donors (Lipinski definition) is 0. The van der Waals surface area contributed by atoms with Gasteiger partial charge in [0.25, 0.3) is 0 Å². The molecule has 2 unspecified atom stereocenters. The molecule has 0 aromatic carbocycles. The monoisotopic (exact) mass is 266 g/mol. The van der Waals surface area contributed by atoms with E-state index in [0.29, 0.717) is 27.3 Å². The number of hydrogen-bond acceptors (Lipinski definition) is 1. The van der Waals surface area contributed by atoms with E-state index in [1.807, 2.05) is 0 Å². The molecule has 0 aromatic rings. The van der Waals surface area contributed by atoms with Gasteiger partial charge in [-0.3, -0.25) is 4.79 Å². The fraction of sp³-hybridized carbons (Fsp3) is 0.857. The Kier molecular flexibility index (Phi) is 1.68. The molecule has 0 heterocycles. The zero-order valence-electron chi connectivity index (χ0n) is 5.39. The van der Waals surface area contributed by atoms with Gasteiger partial charge in [-0.1, -0.05) is 31.9 Å². The van der Waals surface area contributed by atoms with Crippen LogP contribution in [-0.4, -0.2) is 15.4 Å². The van der Waals surface area contributed by atoms with Crippen LogP contribution in [0.15, 0.2) is 0 Å². The Labute approximate surface area is 76.8 Å². The van der Waals surface area contributed by atoms with Crippen LogP contribution in [-0.2, 0) is 4.79 Å². The van der Waals surface area contributed by atoms with E-state index in [4.69, 9.17) is 0 Å². The lowest BCUT2D eigenvalue weighted by molar-refractivity contribution is -0.132. The number of rotatable bonds is 0. The van der Waals surface area contributed by atoms with Gasteiger partial charge in [-0.25, -0.2) is 0 Å². The molecule has 1 nitrogen and oxygen atoms in total. The second-order valence-electron chi connectivity index (χ2n) is 3.14. The van der Waals surface area contributed by atoms with Crippen LogP contribution >= 0.6 is 31.9 Å². The number of ketones is 1. The molecule has 0 saturated heterocycles. The Morgan fingerprint density at radius 1 is 1.40 bits per heavy atom. The Morgan fingerprint density at radius 2 is 2.10 bits per heavy atom. The van der Waals surface area contributed by atoms with Gasteiger partial charge in [-0.2, -0.15) is 0 Å². The molecule has 0 radical (unpaired) electrons. The maximum atomic E-state index is 11.0. The molecule has 0 spiro atoms. The van der Waals surface area contributed by atoms with E-state index in [0.717, 1.165) is 12.8 Å². The molecule has 0 N–H and O–H groups in total. The Hall–Kier alpha value is 0.630. The lowest BCUT2D eigenvalue weighted by Crippen LogP contribution is -2.36. The van der Waals surface area contributed by atoms with Crippen LogP contribution in [0.2, 0.25) is 0 Å². The maximum Gasteiger partial charge on any atom is 0.136 e. The maximum absolute atomic E-state index is 11.0. The summed E-state index contributed by atoms with van der Waals surface area (Å²) < 4.78 is 0. The van der Waals surface area contributed by atoms with Crippen LogP contribution in [0.3, 0.4) is 0 Å². The standard InChI is InChI=1S/C7H8Br2O/c8-5-1-3-4(7(5)9)2-6(3)10/h3-5,7H,1-2H2/t3?,4-,5?,7+/m1/s1. The highest BCUT2D eigenvalue weighted by atomic mass is 79.9. The Morgan fingerprint density at radius 3 is 2.50 bits per heavy atom. The van der Waals surface area contributed by atoms with Crippen molar-refractivity contribution in [2.24, 2.45) is 11.8 Å². The fourth-order valence-corrected chi connectivity index (χ4v) is 3.45. The zero-order valence-corrected chi connectivity index (χ0v) is 8.56. The van der Waals surface area contributed by atoms with Gasteiger partial charge in [0, 0.05) is 22.0 Å². The first kappa shape index (κ1) is 7.29. The van der Waals surface area contributed by atoms with Crippen molar-refractivity contribution in [3.05, 3.63) is 0 Å². The van der Waals surface area contributed by atoms with Gasteiger partial charge in [0.2, 0.25) is 0 Å². The molecule has 2 aliphatic rings. The first-order valence-corrected chi connectivity index (χ1v) is 5.34. The molecule has 2 aliphatic carbocycles. The summed E-state index contributed by atoms with van der Waals surface area (Å²) in [5.74, 6) is 1.49. The van der Waals surface area contributed by atoms with Crippen molar-refractivity contribution >= 4 is 37.6 Å². The van der Waals surface area contributed by atoms with Crippen LogP contribution in [0.4, 0.5) is 0 Å². The topological polar surface area (TPSA) is 17.1 Å². The zero-order chi connectivity index (χ0) is 7.30. The summed E-state index contributed by atoms with van der Waals surface area (Å²) in [5, 5.41) is 0. The van der Waals surface area contributed by atoms with Crippen LogP contribution < -0.4 is 0 Å². The van der Waals surface area contributed by atoms with Crippen molar-refractivity contribution in [2.45, 2.75) is 22.5 Å². The van der Waals surface area contributed by atoms with Gasteiger partial charge in [0.05, 0.1) is 0 Å². The predicted molar refractivity (Wildman–Crippen MR) is 46.7 cm³/mol. The molecular weight excluding hydrogens is 260 g/mol. The third-order valence-corrected chi connectivity index (χ3v) is 5.57. The molecule has 2 fully saturated rings. The van der Waals surface area contributed by atoms with Crippen LogP contribution in [0, 0.1) is 11.8 Å². The molecular formula is C7H8Br2O. The lowest BCUT2D eigenvalue weighted by atomic mass is 9.75. The number of halogens is 2. The molecule has 56 valence electrons. The normalized spacial score (nSPS) is 52.4. The van der Waals surface area contributed by atoms with Crippen molar-refractivity contribution in [2.75, 3.05) is 0 Å². The predicted octanol–water partition coefficient (Wildman–Crippen LogP) is 2.12. The summed E-state index contributed by atoms with van der Waals surface area (Å²) in [6, 6.07) is 0. The highest BCUT2D eigenvalue weighted by molar-refractivity contribution is 9.12. The number of alkyl halides is 2. The highest BCUT2D eigenvalue weighted by Gasteiger charge is 2.51. The quantitative estimate of drug-likeness (QED) is 0.615. The summed E-state index contributed by atoms with van der Waals surface area (Å²) in [7, 11) is 0. The first-order chi connectivity index (χ1) is 4.70. The van der Waals surface area contributed by atoms with Crippen LogP contribution in [0.1, 0.15) is 12.8 Å². The molecule has 0 amide bonds. The van der Waals surface area contributed by atoms with E-state index in [1.54, 1.807) is 0 Å². The van der Waals surface area contributed by atoms with Gasteiger partial charge in [0.15, 0.2) is 0 Å². The van der Waals surface area contributed by atoms with Gasteiger partial charge in [0.1, 0.15) is 5.78 Å². The van der Waals surface area contributed by atoms with Gasteiger partial charge >= 0.3 is 0 Å². The van der Waals surface area contributed by atoms with Crippen molar-refractivity contribution in [3.8, 4) is 0 Å². The smallest absolute Gasteiger partial charge is 0.136 e. The number of carbonyl (C=O) groups excluding carboxylic acids is 1. The summed E-state index contributed by atoms with van der Waals surface area (Å²) in [4.78, 5) is 12.0. The molecule has 3 heteroatoms. The fourth-order valence-electron chi connectivity index (χ4n) is 1.89. The molecule has 2 saturated carbocycles. The minimum Gasteiger partial charge on any atom is -0.299 e. The Balaban J connectivity index is 2.13. The second-order valence-corrected chi connectivity index (χ2v) is 5.37. The van der Waals surface area contributed by atoms with Gasteiger partial charge < -0.3 is 0 Å². The number of Topliss-reactive ketones (excluding diaryl/α,β-unsaturated/α-hetero) is 1. The highest BCUT2D eigenvalue weighted by Crippen LogP contribution is 2.49. The van der Waals surface area contributed by atoms with Crippen LogP contribution in [0.25, 0.3) is 0 Å². The summed E-state index contributed by atoms with van der Waals surface area (Å²) in [5.41, 5.74) is 0. The SMILES string of the molecule is O=C1C[C@@H]2C1CC(Br)[C@H]2Br. The van der Waals surface area contributed by atoms with E-state index in [9.17, 15) is 4.79 Å². The van der Waals surface area contributed by atoms with E-state index in [2.05, 4.69) is 31.9 Å². The minimum absolute atomic E-state index is 0.383. The first-order valence-electron chi connectivity index (χ1n) is 3.51.